The van der Waals surface area contributed by atoms with Crippen LogP contribution in [0.25, 0.3) is 0 Å². The highest BCUT2D eigenvalue weighted by atomic mass is 19.4. The molecule has 118 valence electrons. The number of fused-ring (bicyclic) bond motifs is 1. The van der Waals surface area contributed by atoms with Crippen molar-refractivity contribution in [1.82, 2.24) is 0 Å². The van der Waals surface area contributed by atoms with Gasteiger partial charge in [-0.2, -0.15) is 13.2 Å². The highest BCUT2D eigenvalue weighted by Gasteiger charge is 2.36. The van der Waals surface area contributed by atoms with E-state index in [9.17, 15) is 22.8 Å². The summed E-state index contributed by atoms with van der Waals surface area (Å²) in [6.45, 7) is -1.40. The molecule has 0 aromatic heterocycles. The van der Waals surface area contributed by atoms with Crippen molar-refractivity contribution in [3.05, 3.63) is 59.7 Å². The second-order valence-corrected chi connectivity index (χ2v) is 4.89. The van der Waals surface area contributed by atoms with E-state index in [-0.39, 0.29) is 11.4 Å². The second-order valence-electron chi connectivity index (χ2n) is 4.89. The molecule has 2 aromatic carbocycles. The topological polar surface area (TPSA) is 46.6 Å². The van der Waals surface area contributed by atoms with Crippen molar-refractivity contribution in [2.75, 3.05) is 11.5 Å². The van der Waals surface area contributed by atoms with Gasteiger partial charge in [0.25, 0.3) is 11.8 Å². The maximum atomic E-state index is 12.3. The first kappa shape index (κ1) is 15.1. The maximum absolute atomic E-state index is 12.3. The van der Waals surface area contributed by atoms with E-state index in [4.69, 9.17) is 0 Å². The van der Waals surface area contributed by atoms with Crippen LogP contribution < -0.4 is 9.64 Å². The van der Waals surface area contributed by atoms with Crippen molar-refractivity contribution in [2.24, 2.45) is 0 Å². The normalized spacial score (nSPS) is 14.1. The van der Waals surface area contributed by atoms with Crippen molar-refractivity contribution in [2.45, 2.75) is 6.18 Å². The Morgan fingerprint density at radius 1 is 0.870 bits per heavy atom. The van der Waals surface area contributed by atoms with Crippen LogP contribution in [0.15, 0.2) is 48.5 Å². The van der Waals surface area contributed by atoms with Crippen LogP contribution in [-0.4, -0.2) is 24.6 Å². The number of amides is 2. The van der Waals surface area contributed by atoms with Crippen LogP contribution in [0.4, 0.5) is 18.9 Å². The molecule has 1 aliphatic heterocycles. The highest BCUT2D eigenvalue weighted by Crippen LogP contribution is 2.29. The summed E-state index contributed by atoms with van der Waals surface area (Å²) in [7, 11) is 0. The number of benzene rings is 2. The van der Waals surface area contributed by atoms with Crippen molar-refractivity contribution in [1.29, 1.82) is 0 Å². The first-order valence-electron chi connectivity index (χ1n) is 6.64. The molecule has 0 spiro atoms. The lowest BCUT2D eigenvalue weighted by molar-refractivity contribution is -0.153. The third-order valence-corrected chi connectivity index (χ3v) is 3.29. The highest BCUT2D eigenvalue weighted by molar-refractivity contribution is 6.34. The minimum absolute atomic E-state index is 0.00249. The Morgan fingerprint density at radius 3 is 1.87 bits per heavy atom. The van der Waals surface area contributed by atoms with E-state index in [1.54, 1.807) is 24.3 Å². The predicted molar refractivity (Wildman–Crippen MR) is 75.6 cm³/mol. The van der Waals surface area contributed by atoms with Gasteiger partial charge in [-0.1, -0.05) is 12.1 Å². The molecular formula is C16H10F3NO3. The molecule has 0 N–H and O–H groups in total. The van der Waals surface area contributed by atoms with Gasteiger partial charge in [-0.25, -0.2) is 4.90 Å². The third-order valence-electron chi connectivity index (χ3n) is 3.29. The van der Waals surface area contributed by atoms with E-state index in [1.807, 2.05) is 0 Å². The van der Waals surface area contributed by atoms with E-state index in [0.717, 1.165) is 4.90 Å². The molecule has 23 heavy (non-hydrogen) atoms. The molecule has 0 unspecified atom stereocenters. The zero-order valence-electron chi connectivity index (χ0n) is 11.6. The van der Waals surface area contributed by atoms with E-state index >= 15 is 0 Å². The summed E-state index contributed by atoms with van der Waals surface area (Å²) < 4.78 is 40.9. The zero-order valence-corrected chi connectivity index (χ0v) is 11.6. The van der Waals surface area contributed by atoms with Gasteiger partial charge in [0.15, 0.2) is 6.61 Å². The minimum Gasteiger partial charge on any atom is -0.484 e. The molecule has 3 rings (SSSR count). The zero-order chi connectivity index (χ0) is 16.6. The molecule has 4 nitrogen and oxygen atoms in total. The summed E-state index contributed by atoms with van der Waals surface area (Å²) in [6, 6.07) is 11.7. The van der Waals surface area contributed by atoms with Gasteiger partial charge in [-0.05, 0) is 36.4 Å². The van der Waals surface area contributed by atoms with Crippen LogP contribution in [0.1, 0.15) is 20.7 Å². The van der Waals surface area contributed by atoms with Gasteiger partial charge in [0.05, 0.1) is 16.8 Å². The number of carbonyl (C=O) groups is 2. The molecule has 1 heterocycles. The fourth-order valence-corrected chi connectivity index (χ4v) is 2.28. The van der Waals surface area contributed by atoms with Gasteiger partial charge in [-0.15, -0.1) is 0 Å². The van der Waals surface area contributed by atoms with Gasteiger partial charge < -0.3 is 4.74 Å². The number of carbonyl (C=O) groups excluding carboxylic acids is 2. The van der Waals surface area contributed by atoms with Gasteiger partial charge in [0, 0.05) is 0 Å². The molecule has 1 aliphatic rings. The molecule has 2 aromatic rings. The summed E-state index contributed by atoms with van der Waals surface area (Å²) >= 11 is 0. The lowest BCUT2D eigenvalue weighted by atomic mass is 10.1. The smallest absolute Gasteiger partial charge is 0.422 e. The monoisotopic (exact) mass is 321 g/mol. The standard InChI is InChI=1S/C16H10F3NO3/c17-16(18,19)9-23-11-7-5-10(6-8-11)20-14(21)12-3-1-2-4-13(12)15(20)22/h1-8H,9H2. The van der Waals surface area contributed by atoms with E-state index in [0.29, 0.717) is 11.1 Å². The number of hydrogen-bond donors (Lipinski definition) is 0. The minimum atomic E-state index is -4.43. The Morgan fingerprint density at radius 2 is 1.39 bits per heavy atom. The van der Waals surface area contributed by atoms with Crippen molar-refractivity contribution < 1.29 is 27.5 Å². The van der Waals surface area contributed by atoms with Crippen molar-refractivity contribution in [3.8, 4) is 5.75 Å². The van der Waals surface area contributed by atoms with Crippen LogP contribution in [0.3, 0.4) is 0 Å². The number of ether oxygens (including phenoxy) is 1. The lowest BCUT2D eigenvalue weighted by Gasteiger charge is -2.15. The molecule has 0 atom stereocenters. The fourth-order valence-electron chi connectivity index (χ4n) is 2.28. The molecule has 0 radical (unpaired) electrons. The molecule has 0 saturated heterocycles. The number of rotatable bonds is 3. The quantitative estimate of drug-likeness (QED) is 0.814. The molecular weight excluding hydrogens is 311 g/mol. The number of hydrogen-bond acceptors (Lipinski definition) is 3. The molecule has 7 heteroatoms. The average molecular weight is 321 g/mol. The number of nitrogens with zero attached hydrogens (tertiary/aromatic N) is 1. The third kappa shape index (κ3) is 2.90. The summed E-state index contributed by atoms with van der Waals surface area (Å²) in [5.74, 6) is -0.924. The van der Waals surface area contributed by atoms with Gasteiger partial charge in [0.1, 0.15) is 5.75 Å². The number of alkyl halides is 3. The Kier molecular flexibility index (Phi) is 3.55. The number of imide groups is 1. The van der Waals surface area contributed by atoms with Gasteiger partial charge in [-0.3, -0.25) is 9.59 Å². The predicted octanol–water partition coefficient (Wildman–Crippen LogP) is 3.43. The van der Waals surface area contributed by atoms with Crippen LogP contribution >= 0.6 is 0 Å². The molecule has 0 fully saturated rings. The van der Waals surface area contributed by atoms with E-state index < -0.39 is 24.6 Å². The molecule has 0 saturated carbocycles. The fraction of sp³-hybridized carbons (Fsp3) is 0.125. The maximum Gasteiger partial charge on any atom is 0.422 e. The first-order chi connectivity index (χ1) is 10.9. The number of halogens is 3. The molecule has 0 aliphatic carbocycles. The first-order valence-corrected chi connectivity index (χ1v) is 6.64. The average Bonchev–Trinajstić information content (AvgIpc) is 2.77. The van der Waals surface area contributed by atoms with E-state index in [2.05, 4.69) is 4.74 Å². The molecule has 0 bridgehead atoms. The summed E-state index contributed by atoms with van der Waals surface area (Å²) in [5, 5.41) is 0. The Labute approximate surface area is 129 Å². The summed E-state index contributed by atoms with van der Waals surface area (Å²) in [6.07, 6.45) is -4.43. The Hall–Kier alpha value is -2.83. The van der Waals surface area contributed by atoms with Crippen LogP contribution in [0.2, 0.25) is 0 Å². The Bertz CT molecular complexity index is 734. The van der Waals surface area contributed by atoms with E-state index in [1.165, 1.54) is 24.3 Å². The number of anilines is 1. The molecule has 2 amide bonds. The van der Waals surface area contributed by atoms with Crippen LogP contribution in [0.5, 0.6) is 5.75 Å². The largest absolute Gasteiger partial charge is 0.484 e. The summed E-state index contributed by atoms with van der Waals surface area (Å²) in [4.78, 5) is 25.5. The second kappa shape index (κ2) is 5.42. The van der Waals surface area contributed by atoms with Gasteiger partial charge >= 0.3 is 6.18 Å². The van der Waals surface area contributed by atoms with Crippen LogP contribution in [0, 0.1) is 0 Å². The summed E-state index contributed by atoms with van der Waals surface area (Å²) in [5.41, 5.74) is 0.875. The van der Waals surface area contributed by atoms with Gasteiger partial charge in [0.2, 0.25) is 0 Å². The SMILES string of the molecule is O=C1c2ccccc2C(=O)N1c1ccc(OCC(F)(F)F)cc1. The Balaban J connectivity index is 1.81. The lowest BCUT2D eigenvalue weighted by Crippen LogP contribution is -2.29. The van der Waals surface area contributed by atoms with Crippen molar-refractivity contribution in [3.63, 3.8) is 0 Å². The van der Waals surface area contributed by atoms with Crippen molar-refractivity contribution >= 4 is 17.5 Å². The van der Waals surface area contributed by atoms with Crippen LogP contribution in [-0.2, 0) is 0 Å².